The molecule has 1 aromatic carbocycles. The van der Waals surface area contributed by atoms with E-state index in [1.54, 1.807) is 24.1 Å². The lowest BCUT2D eigenvalue weighted by atomic mass is 10.3. The molecular formula is C12H16ClF3N2. The molecule has 0 unspecified atom stereocenters. The predicted octanol–water partition coefficient (Wildman–Crippen LogP) is 3.64. The third-order valence-corrected chi connectivity index (χ3v) is 2.66. The zero-order valence-electron chi connectivity index (χ0n) is 10.1. The molecular weight excluding hydrogens is 265 g/mol. The highest BCUT2D eigenvalue weighted by Gasteiger charge is 2.26. The summed E-state index contributed by atoms with van der Waals surface area (Å²) < 4.78 is 36.0. The Morgan fingerprint density at radius 2 is 2.00 bits per heavy atom. The fourth-order valence-electron chi connectivity index (χ4n) is 1.42. The third-order valence-electron chi connectivity index (χ3n) is 2.42. The van der Waals surface area contributed by atoms with Crippen LogP contribution in [0.25, 0.3) is 0 Å². The van der Waals surface area contributed by atoms with E-state index in [1.165, 1.54) is 0 Å². The van der Waals surface area contributed by atoms with Gasteiger partial charge in [-0.3, -0.25) is 0 Å². The molecule has 0 radical (unpaired) electrons. The zero-order valence-corrected chi connectivity index (χ0v) is 10.9. The highest BCUT2D eigenvalue weighted by molar-refractivity contribution is 6.30. The van der Waals surface area contributed by atoms with Crippen LogP contribution in [-0.4, -0.2) is 37.8 Å². The van der Waals surface area contributed by atoms with Gasteiger partial charge in [0.2, 0.25) is 0 Å². The van der Waals surface area contributed by atoms with Gasteiger partial charge in [-0.1, -0.05) is 17.7 Å². The van der Waals surface area contributed by atoms with Crippen molar-refractivity contribution in [1.29, 1.82) is 0 Å². The number of alkyl halides is 3. The van der Waals surface area contributed by atoms with E-state index in [0.29, 0.717) is 18.1 Å². The first-order chi connectivity index (χ1) is 8.37. The van der Waals surface area contributed by atoms with Gasteiger partial charge in [-0.15, -0.1) is 0 Å². The monoisotopic (exact) mass is 280 g/mol. The molecule has 0 aromatic heterocycles. The first kappa shape index (κ1) is 15.1. The van der Waals surface area contributed by atoms with Crippen molar-refractivity contribution in [1.82, 2.24) is 4.90 Å². The zero-order chi connectivity index (χ0) is 13.6. The summed E-state index contributed by atoms with van der Waals surface area (Å²) in [4.78, 5) is 1.64. The molecule has 1 N–H and O–H groups in total. The first-order valence-electron chi connectivity index (χ1n) is 5.61. The molecule has 0 aliphatic heterocycles. The topological polar surface area (TPSA) is 15.3 Å². The number of benzene rings is 1. The van der Waals surface area contributed by atoms with Gasteiger partial charge >= 0.3 is 6.18 Å². The number of halogens is 4. The largest absolute Gasteiger partial charge is 0.390 e. The van der Waals surface area contributed by atoms with E-state index in [0.717, 1.165) is 5.69 Å². The maximum Gasteiger partial charge on any atom is 0.390 e. The summed E-state index contributed by atoms with van der Waals surface area (Å²) in [7, 11) is 1.67. The van der Waals surface area contributed by atoms with Crippen molar-refractivity contribution in [2.75, 3.05) is 32.0 Å². The fraction of sp³-hybridized carbons (Fsp3) is 0.500. The Labute approximate surface area is 110 Å². The number of rotatable bonds is 6. The van der Waals surface area contributed by atoms with Gasteiger partial charge < -0.3 is 10.2 Å². The smallest absolute Gasteiger partial charge is 0.384 e. The molecule has 6 heteroatoms. The molecule has 0 bridgehead atoms. The minimum atomic E-state index is -4.09. The molecule has 0 aliphatic carbocycles. The second-order valence-electron chi connectivity index (χ2n) is 4.11. The molecule has 0 saturated heterocycles. The number of anilines is 1. The average Bonchev–Trinajstić information content (AvgIpc) is 2.25. The number of nitrogens with one attached hydrogen (secondary N) is 1. The van der Waals surface area contributed by atoms with E-state index >= 15 is 0 Å². The molecule has 0 spiro atoms. The highest BCUT2D eigenvalue weighted by atomic mass is 35.5. The van der Waals surface area contributed by atoms with Gasteiger partial charge in [-0.25, -0.2) is 0 Å². The molecule has 18 heavy (non-hydrogen) atoms. The maximum atomic E-state index is 12.0. The molecule has 0 aliphatic rings. The Bertz CT molecular complexity index is 369. The molecule has 0 fully saturated rings. The van der Waals surface area contributed by atoms with Crippen LogP contribution in [0.15, 0.2) is 24.3 Å². The fourth-order valence-corrected chi connectivity index (χ4v) is 1.61. The van der Waals surface area contributed by atoms with Crippen LogP contribution in [0.5, 0.6) is 0 Å². The second kappa shape index (κ2) is 6.85. The molecule has 2 nitrogen and oxygen atoms in total. The molecule has 0 saturated carbocycles. The summed E-state index contributed by atoms with van der Waals surface area (Å²) in [6.07, 6.45) is -4.87. The van der Waals surface area contributed by atoms with Crippen LogP contribution >= 0.6 is 11.6 Å². The van der Waals surface area contributed by atoms with Crippen LogP contribution in [0.2, 0.25) is 5.02 Å². The molecule has 102 valence electrons. The minimum Gasteiger partial charge on any atom is -0.384 e. The normalized spacial score (nSPS) is 11.9. The maximum absolute atomic E-state index is 12.0. The summed E-state index contributed by atoms with van der Waals surface area (Å²) in [6.45, 7) is 1.14. The highest BCUT2D eigenvalue weighted by Crippen LogP contribution is 2.19. The van der Waals surface area contributed by atoms with Crippen LogP contribution in [0.4, 0.5) is 18.9 Å². The van der Waals surface area contributed by atoms with Crippen LogP contribution in [0.1, 0.15) is 6.42 Å². The summed E-state index contributed by atoms with van der Waals surface area (Å²) in [6, 6.07) is 7.22. The van der Waals surface area contributed by atoms with Gasteiger partial charge in [0.05, 0.1) is 6.42 Å². The lowest BCUT2D eigenvalue weighted by molar-refractivity contribution is -0.137. The van der Waals surface area contributed by atoms with Crippen molar-refractivity contribution in [3.8, 4) is 0 Å². The second-order valence-corrected chi connectivity index (χ2v) is 4.54. The minimum absolute atomic E-state index is 0.0146. The van der Waals surface area contributed by atoms with Crippen LogP contribution < -0.4 is 5.32 Å². The first-order valence-corrected chi connectivity index (χ1v) is 5.99. The van der Waals surface area contributed by atoms with Crippen molar-refractivity contribution in [3.05, 3.63) is 29.3 Å². The summed E-state index contributed by atoms with van der Waals surface area (Å²) in [5.74, 6) is 0. The van der Waals surface area contributed by atoms with E-state index < -0.39 is 12.6 Å². The van der Waals surface area contributed by atoms with Gasteiger partial charge in [-0.05, 0) is 25.2 Å². The molecule has 1 aromatic rings. The van der Waals surface area contributed by atoms with Crippen molar-refractivity contribution < 1.29 is 13.2 Å². The van der Waals surface area contributed by atoms with Crippen LogP contribution in [0, 0.1) is 0 Å². The molecule has 0 amide bonds. The van der Waals surface area contributed by atoms with Gasteiger partial charge in [0.25, 0.3) is 0 Å². The average molecular weight is 281 g/mol. The van der Waals surface area contributed by atoms with Gasteiger partial charge in [0.1, 0.15) is 0 Å². The van der Waals surface area contributed by atoms with Crippen molar-refractivity contribution in [3.63, 3.8) is 0 Å². The van der Waals surface area contributed by atoms with Crippen molar-refractivity contribution in [2.24, 2.45) is 0 Å². The van der Waals surface area contributed by atoms with E-state index in [4.69, 9.17) is 11.6 Å². The Kier molecular flexibility index (Phi) is 5.75. The number of likely N-dealkylation sites (N-methyl/N-ethyl adjacent to an activating group) is 1. The number of nitrogens with zero attached hydrogens (tertiary/aromatic N) is 1. The Morgan fingerprint density at radius 1 is 1.28 bits per heavy atom. The molecule has 0 heterocycles. The standard InChI is InChI=1S/C12H16ClF3N2/c1-18(7-5-12(14,15)16)8-6-17-11-4-2-3-10(13)9-11/h2-4,9,17H,5-8H2,1H3. The van der Waals surface area contributed by atoms with Crippen LogP contribution in [-0.2, 0) is 0 Å². The quantitative estimate of drug-likeness (QED) is 0.856. The van der Waals surface area contributed by atoms with Crippen LogP contribution in [0.3, 0.4) is 0 Å². The third kappa shape index (κ3) is 6.71. The molecule has 1 rings (SSSR count). The van der Waals surface area contributed by atoms with Crippen molar-refractivity contribution in [2.45, 2.75) is 12.6 Å². The SMILES string of the molecule is CN(CCNc1cccc(Cl)c1)CCC(F)(F)F. The summed E-state index contributed by atoms with van der Waals surface area (Å²) in [5, 5.41) is 3.74. The van der Waals surface area contributed by atoms with E-state index in [2.05, 4.69) is 5.32 Å². The van der Waals surface area contributed by atoms with E-state index in [1.807, 2.05) is 12.1 Å². The van der Waals surface area contributed by atoms with Gasteiger partial charge in [0, 0.05) is 30.3 Å². The van der Waals surface area contributed by atoms with E-state index in [-0.39, 0.29) is 6.54 Å². The Hall–Kier alpha value is -0.940. The Balaban J connectivity index is 2.21. The van der Waals surface area contributed by atoms with E-state index in [9.17, 15) is 13.2 Å². The summed E-state index contributed by atoms with van der Waals surface area (Å²) >= 11 is 5.81. The Morgan fingerprint density at radius 3 is 2.61 bits per heavy atom. The number of hydrogen-bond acceptors (Lipinski definition) is 2. The number of hydrogen-bond donors (Lipinski definition) is 1. The lowest BCUT2D eigenvalue weighted by Crippen LogP contribution is -2.29. The molecule has 0 atom stereocenters. The summed E-state index contributed by atoms with van der Waals surface area (Å²) in [5.41, 5.74) is 0.867. The van der Waals surface area contributed by atoms with Crippen molar-refractivity contribution >= 4 is 17.3 Å². The van der Waals surface area contributed by atoms with Gasteiger partial charge in [-0.2, -0.15) is 13.2 Å². The van der Waals surface area contributed by atoms with Gasteiger partial charge in [0.15, 0.2) is 0 Å². The predicted molar refractivity (Wildman–Crippen MR) is 68.1 cm³/mol. The lowest BCUT2D eigenvalue weighted by Gasteiger charge is -2.18.